The molecule has 108 valence electrons. The van der Waals surface area contributed by atoms with Crippen molar-refractivity contribution in [3.05, 3.63) is 29.3 Å². The molecule has 2 aliphatic rings. The number of anilines is 1. The van der Waals surface area contributed by atoms with Gasteiger partial charge in [0.25, 0.3) is 0 Å². The molecule has 2 unspecified atom stereocenters. The summed E-state index contributed by atoms with van der Waals surface area (Å²) in [4.78, 5) is 13.5. The number of hydrogen-bond acceptors (Lipinski definition) is 2. The summed E-state index contributed by atoms with van der Waals surface area (Å²) >= 11 is 0. The second-order valence-electron chi connectivity index (χ2n) is 6.14. The topological polar surface area (TPSA) is 32.3 Å². The fourth-order valence-electron chi connectivity index (χ4n) is 4.10. The minimum absolute atomic E-state index is 0.635. The molecule has 1 amide bonds. The maximum atomic E-state index is 10.8. The molecule has 0 aromatic heterocycles. The third kappa shape index (κ3) is 2.47. The molecule has 0 spiro atoms. The zero-order valence-corrected chi connectivity index (χ0v) is 12.3. The van der Waals surface area contributed by atoms with Crippen molar-refractivity contribution in [1.82, 2.24) is 4.90 Å². The van der Waals surface area contributed by atoms with Crippen molar-refractivity contribution in [2.45, 2.75) is 38.5 Å². The lowest BCUT2D eigenvalue weighted by Crippen LogP contribution is -2.41. The van der Waals surface area contributed by atoms with E-state index in [2.05, 4.69) is 29.3 Å². The minimum Gasteiger partial charge on any atom is -0.328 e. The quantitative estimate of drug-likeness (QED) is 0.855. The molecule has 20 heavy (non-hydrogen) atoms. The highest BCUT2D eigenvalue weighted by atomic mass is 16.1. The van der Waals surface area contributed by atoms with Crippen molar-refractivity contribution >= 4 is 12.1 Å². The molecule has 1 saturated heterocycles. The van der Waals surface area contributed by atoms with E-state index in [1.165, 1.54) is 50.0 Å². The molecule has 0 saturated carbocycles. The van der Waals surface area contributed by atoms with Gasteiger partial charge in [0.1, 0.15) is 0 Å². The van der Waals surface area contributed by atoms with Crippen molar-refractivity contribution in [2.75, 3.05) is 25.0 Å². The Morgan fingerprint density at radius 3 is 3.10 bits per heavy atom. The summed E-state index contributed by atoms with van der Waals surface area (Å²) in [6.07, 6.45) is 5.74. The van der Waals surface area contributed by atoms with Gasteiger partial charge in [0, 0.05) is 12.2 Å². The maximum absolute atomic E-state index is 10.8. The maximum Gasteiger partial charge on any atom is 0.211 e. The van der Waals surface area contributed by atoms with E-state index in [0.29, 0.717) is 5.92 Å². The van der Waals surface area contributed by atoms with E-state index in [1.807, 2.05) is 6.07 Å². The van der Waals surface area contributed by atoms with Gasteiger partial charge in [-0.25, -0.2) is 0 Å². The Morgan fingerprint density at radius 2 is 2.30 bits per heavy atom. The lowest BCUT2D eigenvalue weighted by molar-refractivity contribution is -0.105. The van der Waals surface area contributed by atoms with Crippen LogP contribution >= 0.6 is 0 Å². The number of benzene rings is 1. The summed E-state index contributed by atoms with van der Waals surface area (Å²) in [6.45, 7) is 5.91. The molecule has 0 radical (unpaired) electrons. The number of aryl methyl sites for hydroxylation is 1. The van der Waals surface area contributed by atoms with Crippen molar-refractivity contribution in [1.29, 1.82) is 0 Å². The van der Waals surface area contributed by atoms with E-state index in [0.717, 1.165) is 24.4 Å². The number of carbonyl (C=O) groups excluding carboxylic acids is 1. The van der Waals surface area contributed by atoms with Crippen LogP contribution in [0.1, 0.15) is 43.2 Å². The van der Waals surface area contributed by atoms with Gasteiger partial charge in [0.05, 0.1) is 0 Å². The van der Waals surface area contributed by atoms with Crippen LogP contribution in [0.4, 0.5) is 5.69 Å². The number of fused-ring (bicyclic) bond motifs is 3. The molecule has 3 heteroatoms. The lowest BCUT2D eigenvalue weighted by atomic mass is 9.71. The number of carbonyl (C=O) groups is 1. The molecule has 1 heterocycles. The van der Waals surface area contributed by atoms with Crippen molar-refractivity contribution in [2.24, 2.45) is 5.92 Å². The third-order valence-corrected chi connectivity index (χ3v) is 4.92. The summed E-state index contributed by atoms with van der Waals surface area (Å²) in [6, 6.07) is 6.35. The highest BCUT2D eigenvalue weighted by Crippen LogP contribution is 2.44. The highest BCUT2D eigenvalue weighted by Gasteiger charge is 2.35. The zero-order chi connectivity index (χ0) is 13.9. The number of piperidine rings is 1. The van der Waals surface area contributed by atoms with Gasteiger partial charge in [0.15, 0.2) is 0 Å². The average Bonchev–Trinajstić information content (AvgIpc) is 2.47. The summed E-state index contributed by atoms with van der Waals surface area (Å²) in [7, 11) is 0. The molecule has 1 fully saturated rings. The molecule has 1 aromatic rings. The van der Waals surface area contributed by atoms with Gasteiger partial charge in [-0.3, -0.25) is 4.79 Å². The van der Waals surface area contributed by atoms with E-state index in [9.17, 15) is 4.79 Å². The Morgan fingerprint density at radius 1 is 1.40 bits per heavy atom. The van der Waals surface area contributed by atoms with Crippen LogP contribution in [-0.4, -0.2) is 30.9 Å². The number of nitrogens with one attached hydrogen (secondary N) is 1. The van der Waals surface area contributed by atoms with Crippen molar-refractivity contribution in [3.8, 4) is 0 Å². The summed E-state index contributed by atoms with van der Waals surface area (Å²) in [5, 5.41) is 2.91. The van der Waals surface area contributed by atoms with Crippen LogP contribution in [-0.2, 0) is 11.2 Å². The van der Waals surface area contributed by atoms with E-state index < -0.39 is 0 Å². The van der Waals surface area contributed by atoms with Crippen LogP contribution in [0.15, 0.2) is 18.2 Å². The molecule has 0 bridgehead atoms. The first-order valence-corrected chi connectivity index (χ1v) is 7.87. The Hall–Kier alpha value is -1.35. The van der Waals surface area contributed by atoms with E-state index in [-0.39, 0.29) is 0 Å². The molecular formula is C17H24N2O. The van der Waals surface area contributed by atoms with Gasteiger partial charge in [-0.05, 0) is 67.8 Å². The zero-order valence-electron chi connectivity index (χ0n) is 12.3. The fraction of sp³-hybridized carbons (Fsp3) is 0.588. The predicted octanol–water partition coefficient (Wildman–Crippen LogP) is 3.02. The van der Waals surface area contributed by atoms with Crippen LogP contribution in [0.2, 0.25) is 0 Å². The van der Waals surface area contributed by atoms with Crippen LogP contribution in [0, 0.1) is 5.92 Å². The first-order chi connectivity index (χ1) is 9.83. The number of rotatable bonds is 4. The molecule has 3 nitrogen and oxygen atoms in total. The highest BCUT2D eigenvalue weighted by molar-refractivity contribution is 5.75. The monoisotopic (exact) mass is 272 g/mol. The number of likely N-dealkylation sites (tertiary alicyclic amines) is 1. The normalized spacial score (nSPS) is 25.6. The molecule has 1 aliphatic carbocycles. The van der Waals surface area contributed by atoms with Crippen LogP contribution in [0.5, 0.6) is 0 Å². The molecular weight excluding hydrogens is 248 g/mol. The number of hydrogen-bond donors (Lipinski definition) is 1. The van der Waals surface area contributed by atoms with E-state index in [1.54, 1.807) is 0 Å². The first kappa shape index (κ1) is 13.6. The van der Waals surface area contributed by atoms with Gasteiger partial charge < -0.3 is 10.2 Å². The second kappa shape index (κ2) is 5.96. The number of nitrogens with zero attached hydrogens (tertiary/aromatic N) is 1. The fourth-order valence-corrected chi connectivity index (χ4v) is 4.10. The largest absolute Gasteiger partial charge is 0.328 e. The Bertz CT molecular complexity index is 486. The smallest absolute Gasteiger partial charge is 0.211 e. The molecule has 2 atom stereocenters. The van der Waals surface area contributed by atoms with E-state index in [4.69, 9.17) is 0 Å². The molecule has 1 N–H and O–H groups in total. The van der Waals surface area contributed by atoms with Gasteiger partial charge >= 0.3 is 0 Å². The minimum atomic E-state index is 0.635. The Labute approximate surface area is 121 Å². The van der Waals surface area contributed by atoms with Crippen molar-refractivity contribution in [3.63, 3.8) is 0 Å². The average molecular weight is 272 g/mol. The lowest BCUT2D eigenvalue weighted by Gasteiger charge is -2.43. The first-order valence-electron chi connectivity index (χ1n) is 7.87. The van der Waals surface area contributed by atoms with Gasteiger partial charge in [0.2, 0.25) is 6.41 Å². The predicted molar refractivity (Wildman–Crippen MR) is 82.0 cm³/mol. The SMILES string of the molecule is CCCN1CCC2c3c(cccc3NC=O)CCC2C1. The van der Waals surface area contributed by atoms with Gasteiger partial charge in [-0.1, -0.05) is 19.1 Å². The van der Waals surface area contributed by atoms with Crippen LogP contribution in [0.3, 0.4) is 0 Å². The van der Waals surface area contributed by atoms with Gasteiger partial charge in [-0.2, -0.15) is 0 Å². The van der Waals surface area contributed by atoms with Crippen LogP contribution < -0.4 is 5.32 Å². The molecule has 1 aliphatic heterocycles. The van der Waals surface area contributed by atoms with Gasteiger partial charge in [-0.15, -0.1) is 0 Å². The summed E-state index contributed by atoms with van der Waals surface area (Å²) in [5.74, 6) is 1.40. The standard InChI is InChI=1S/C17H24N2O/c1-2-9-19-10-8-15-14(11-19)7-6-13-4-3-5-16(17(13)15)18-12-20/h3-5,12,14-15H,2,6-11H2,1H3,(H,18,20). The van der Waals surface area contributed by atoms with Crippen LogP contribution in [0.25, 0.3) is 0 Å². The second-order valence-corrected chi connectivity index (χ2v) is 6.14. The Kier molecular flexibility index (Phi) is 4.06. The molecule has 3 rings (SSSR count). The van der Waals surface area contributed by atoms with Crippen molar-refractivity contribution < 1.29 is 4.79 Å². The Balaban J connectivity index is 1.86. The van der Waals surface area contributed by atoms with E-state index >= 15 is 0 Å². The summed E-state index contributed by atoms with van der Waals surface area (Å²) in [5.41, 5.74) is 3.91. The third-order valence-electron chi connectivity index (χ3n) is 4.92. The number of amides is 1. The summed E-state index contributed by atoms with van der Waals surface area (Å²) < 4.78 is 0. The molecule has 1 aromatic carbocycles.